The van der Waals surface area contributed by atoms with E-state index < -0.39 is 0 Å². The monoisotopic (exact) mass is 412 g/mol. The lowest BCUT2D eigenvalue weighted by atomic mass is 9.49. The van der Waals surface area contributed by atoms with E-state index in [1.807, 2.05) is 11.1 Å². The zero-order valence-electron chi connectivity index (χ0n) is 20.8. The van der Waals surface area contributed by atoms with Crippen molar-refractivity contribution in [3.05, 3.63) is 23.3 Å². The van der Waals surface area contributed by atoms with Crippen LogP contribution in [-0.4, -0.2) is 11.2 Å². The minimum Gasteiger partial charge on any atom is -0.393 e. The molecule has 4 aliphatic carbocycles. The molecule has 0 aromatic carbocycles. The number of allylic oxidation sites excluding steroid dienone is 3. The van der Waals surface area contributed by atoms with Crippen molar-refractivity contribution in [2.45, 2.75) is 112 Å². The molecule has 30 heavy (non-hydrogen) atoms. The number of aliphatic hydroxyl groups excluding tert-OH is 1. The van der Waals surface area contributed by atoms with Crippen LogP contribution in [0.25, 0.3) is 0 Å². The Labute approximate surface area is 186 Å². The van der Waals surface area contributed by atoms with Crippen LogP contribution >= 0.6 is 0 Å². The smallest absolute Gasteiger partial charge is 0.0569 e. The third kappa shape index (κ3) is 3.46. The zero-order chi connectivity index (χ0) is 21.8. The van der Waals surface area contributed by atoms with Crippen molar-refractivity contribution in [3.8, 4) is 0 Å². The van der Waals surface area contributed by atoms with Gasteiger partial charge in [-0.2, -0.15) is 0 Å². The normalized spacial score (nSPS) is 44.5. The molecule has 2 fully saturated rings. The molecule has 8 atom stereocenters. The van der Waals surface area contributed by atoms with E-state index in [0.29, 0.717) is 28.6 Å². The summed E-state index contributed by atoms with van der Waals surface area (Å²) in [6, 6.07) is 0. The molecule has 0 aliphatic heterocycles. The van der Waals surface area contributed by atoms with Gasteiger partial charge >= 0.3 is 0 Å². The second-order valence-corrected chi connectivity index (χ2v) is 12.6. The van der Waals surface area contributed by atoms with Gasteiger partial charge in [-0.15, -0.1) is 0 Å². The van der Waals surface area contributed by atoms with Gasteiger partial charge in [-0.3, -0.25) is 0 Å². The summed E-state index contributed by atoms with van der Waals surface area (Å²) < 4.78 is 0. The molecule has 8 unspecified atom stereocenters. The van der Waals surface area contributed by atoms with Crippen LogP contribution in [0.1, 0.15) is 106 Å². The van der Waals surface area contributed by atoms with E-state index in [0.717, 1.165) is 24.2 Å². The summed E-state index contributed by atoms with van der Waals surface area (Å²) >= 11 is 0. The summed E-state index contributed by atoms with van der Waals surface area (Å²) in [6.45, 7) is 19.0. The van der Waals surface area contributed by atoms with E-state index in [-0.39, 0.29) is 6.10 Å². The fourth-order valence-electron chi connectivity index (χ4n) is 8.79. The van der Waals surface area contributed by atoms with Crippen LogP contribution in [0, 0.1) is 46.3 Å². The Bertz CT molecular complexity index is 701. The first-order valence-electron chi connectivity index (χ1n) is 13.2. The molecule has 2 saturated carbocycles. The zero-order valence-corrected chi connectivity index (χ0v) is 20.8. The Morgan fingerprint density at radius 1 is 1.07 bits per heavy atom. The average molecular weight is 413 g/mol. The van der Waals surface area contributed by atoms with Gasteiger partial charge in [0.1, 0.15) is 0 Å². The van der Waals surface area contributed by atoms with Gasteiger partial charge in [0, 0.05) is 0 Å². The first-order chi connectivity index (χ1) is 14.1. The molecular weight excluding hydrogens is 364 g/mol. The molecular formula is C29H48O. The maximum Gasteiger partial charge on any atom is 0.0569 e. The molecule has 4 aliphatic rings. The summed E-state index contributed by atoms with van der Waals surface area (Å²) in [5.74, 6) is 4.32. The van der Waals surface area contributed by atoms with Gasteiger partial charge in [-0.25, -0.2) is 0 Å². The molecule has 1 N–H and O–H groups in total. The maximum atomic E-state index is 10.5. The van der Waals surface area contributed by atoms with Crippen LogP contribution in [0.4, 0.5) is 0 Å². The molecule has 0 aromatic heterocycles. The standard InChI is InChI=1S/C29H48O/c1-18(2)19(3)8-9-20(4)23-12-13-25-22-10-11-24-21(5)27(30)15-17-29(24,7)26(22)14-16-28(23,25)6/h18,20-21,23-25,27,30H,3,8-17H2,1-2,4-7H3. The fraction of sp³-hybridized carbons (Fsp3) is 0.862. The Hall–Kier alpha value is -0.560. The largest absolute Gasteiger partial charge is 0.393 e. The van der Waals surface area contributed by atoms with Gasteiger partial charge in [0.25, 0.3) is 0 Å². The lowest BCUT2D eigenvalue weighted by Crippen LogP contribution is -2.49. The topological polar surface area (TPSA) is 20.2 Å². The van der Waals surface area contributed by atoms with Crippen molar-refractivity contribution in [1.29, 1.82) is 0 Å². The van der Waals surface area contributed by atoms with E-state index >= 15 is 0 Å². The number of rotatable bonds is 5. The predicted octanol–water partition coefficient (Wildman–Crippen LogP) is 7.94. The Morgan fingerprint density at radius 3 is 2.50 bits per heavy atom. The van der Waals surface area contributed by atoms with Crippen molar-refractivity contribution < 1.29 is 5.11 Å². The van der Waals surface area contributed by atoms with E-state index in [1.54, 1.807) is 0 Å². The molecule has 0 saturated heterocycles. The SMILES string of the molecule is C=C(CCC(C)C1CCC2C3=C(CCC21C)C1(C)CCC(O)C(C)C1CC3)C(C)C. The minimum atomic E-state index is -0.0728. The van der Waals surface area contributed by atoms with Crippen molar-refractivity contribution in [2.24, 2.45) is 46.3 Å². The van der Waals surface area contributed by atoms with Gasteiger partial charge in [0.15, 0.2) is 0 Å². The van der Waals surface area contributed by atoms with E-state index in [2.05, 4.69) is 48.1 Å². The highest BCUT2D eigenvalue weighted by Gasteiger charge is 2.56. The highest BCUT2D eigenvalue weighted by atomic mass is 16.3. The molecule has 0 radical (unpaired) electrons. The van der Waals surface area contributed by atoms with Crippen LogP contribution < -0.4 is 0 Å². The molecule has 0 bridgehead atoms. The molecule has 0 aromatic rings. The molecule has 0 heterocycles. The highest BCUT2D eigenvalue weighted by Crippen LogP contribution is 2.66. The second-order valence-electron chi connectivity index (χ2n) is 12.6. The molecule has 1 nitrogen and oxygen atoms in total. The number of hydrogen-bond acceptors (Lipinski definition) is 1. The summed E-state index contributed by atoms with van der Waals surface area (Å²) in [5, 5.41) is 10.5. The van der Waals surface area contributed by atoms with Crippen LogP contribution in [0.3, 0.4) is 0 Å². The van der Waals surface area contributed by atoms with Gasteiger partial charge in [-0.05, 0) is 111 Å². The molecule has 0 spiro atoms. The minimum absolute atomic E-state index is 0.0728. The van der Waals surface area contributed by atoms with Gasteiger partial charge in [0.05, 0.1) is 6.10 Å². The average Bonchev–Trinajstić information content (AvgIpc) is 3.06. The summed E-state index contributed by atoms with van der Waals surface area (Å²) in [5.41, 5.74) is 6.08. The van der Waals surface area contributed by atoms with Crippen molar-refractivity contribution in [2.75, 3.05) is 0 Å². The van der Waals surface area contributed by atoms with Crippen LogP contribution in [0.5, 0.6) is 0 Å². The van der Waals surface area contributed by atoms with E-state index in [1.165, 1.54) is 63.4 Å². The molecule has 170 valence electrons. The maximum absolute atomic E-state index is 10.5. The van der Waals surface area contributed by atoms with Gasteiger partial charge in [0.2, 0.25) is 0 Å². The van der Waals surface area contributed by atoms with Crippen molar-refractivity contribution >= 4 is 0 Å². The Kier molecular flexibility index (Phi) is 6.10. The lowest BCUT2D eigenvalue weighted by Gasteiger charge is -2.56. The van der Waals surface area contributed by atoms with E-state index in [4.69, 9.17) is 0 Å². The van der Waals surface area contributed by atoms with Gasteiger partial charge in [-0.1, -0.05) is 64.8 Å². The van der Waals surface area contributed by atoms with Crippen LogP contribution in [-0.2, 0) is 0 Å². The van der Waals surface area contributed by atoms with Crippen LogP contribution in [0.15, 0.2) is 23.3 Å². The lowest BCUT2D eigenvalue weighted by molar-refractivity contribution is -0.0336. The van der Waals surface area contributed by atoms with Gasteiger partial charge < -0.3 is 5.11 Å². The molecule has 1 heteroatoms. The van der Waals surface area contributed by atoms with Crippen molar-refractivity contribution in [3.63, 3.8) is 0 Å². The fourth-order valence-corrected chi connectivity index (χ4v) is 8.79. The Balaban J connectivity index is 1.54. The number of fused-ring (bicyclic) bond motifs is 4. The summed E-state index contributed by atoms with van der Waals surface area (Å²) in [4.78, 5) is 0. The number of hydrogen-bond donors (Lipinski definition) is 1. The second kappa shape index (κ2) is 8.09. The highest BCUT2D eigenvalue weighted by molar-refractivity contribution is 5.34. The quantitative estimate of drug-likeness (QED) is 0.454. The number of aliphatic hydroxyl groups is 1. The summed E-state index contributed by atoms with van der Waals surface area (Å²) in [6.07, 6.45) is 12.9. The summed E-state index contributed by atoms with van der Waals surface area (Å²) in [7, 11) is 0. The van der Waals surface area contributed by atoms with Crippen molar-refractivity contribution in [1.82, 2.24) is 0 Å². The first kappa shape index (κ1) is 22.6. The molecule has 0 amide bonds. The van der Waals surface area contributed by atoms with E-state index in [9.17, 15) is 5.11 Å². The Morgan fingerprint density at radius 2 is 1.80 bits per heavy atom. The molecule has 4 rings (SSSR count). The third-order valence-electron chi connectivity index (χ3n) is 11.0. The first-order valence-corrected chi connectivity index (χ1v) is 13.2. The third-order valence-corrected chi connectivity index (χ3v) is 11.0. The van der Waals surface area contributed by atoms with Crippen LogP contribution in [0.2, 0.25) is 0 Å². The predicted molar refractivity (Wildman–Crippen MR) is 128 cm³/mol.